The van der Waals surface area contributed by atoms with Gasteiger partial charge >= 0.3 is 0 Å². The fourth-order valence-electron chi connectivity index (χ4n) is 4.08. The highest BCUT2D eigenvalue weighted by atomic mass is 16.1. The number of likely N-dealkylation sites (tertiary alicyclic amines) is 1. The van der Waals surface area contributed by atoms with Crippen LogP contribution in [0.1, 0.15) is 60.5 Å². The van der Waals surface area contributed by atoms with Gasteiger partial charge in [0.25, 0.3) is 5.91 Å². The first kappa shape index (κ1) is 15.3. The molecular weight excluding hydrogens is 310 g/mol. The van der Waals surface area contributed by atoms with Gasteiger partial charge in [-0.05, 0) is 50.7 Å². The fraction of sp³-hybridized carbons (Fsp3) is 0.524. The van der Waals surface area contributed by atoms with Crippen molar-refractivity contribution in [3.05, 3.63) is 41.6 Å². The zero-order valence-electron chi connectivity index (χ0n) is 14.6. The Morgan fingerprint density at radius 2 is 1.80 bits per heavy atom. The summed E-state index contributed by atoms with van der Waals surface area (Å²) in [5.74, 6) is 0.628. The third-order valence-electron chi connectivity index (χ3n) is 5.90. The molecule has 2 aromatic rings. The Bertz CT molecular complexity index is 802. The number of para-hydroxylation sites is 1. The molecule has 4 heteroatoms. The van der Waals surface area contributed by atoms with Crippen molar-refractivity contribution in [1.29, 1.82) is 0 Å². The minimum absolute atomic E-state index is 0.0744. The number of aromatic nitrogens is 1. The van der Waals surface area contributed by atoms with Gasteiger partial charge in [-0.2, -0.15) is 0 Å². The highest BCUT2D eigenvalue weighted by Gasteiger charge is 2.32. The number of piperidine rings is 1. The van der Waals surface area contributed by atoms with Crippen molar-refractivity contribution >= 4 is 16.8 Å². The lowest BCUT2D eigenvalue weighted by molar-refractivity contribution is 0.0910. The van der Waals surface area contributed by atoms with Gasteiger partial charge in [0.15, 0.2) is 0 Å². The van der Waals surface area contributed by atoms with Gasteiger partial charge in [-0.15, -0.1) is 0 Å². The number of benzene rings is 1. The molecule has 0 radical (unpaired) electrons. The molecule has 2 heterocycles. The average Bonchev–Trinajstić information content (AvgIpc) is 3.54. The van der Waals surface area contributed by atoms with E-state index in [1.54, 1.807) is 0 Å². The maximum Gasteiger partial charge on any atom is 0.252 e. The van der Waals surface area contributed by atoms with Crippen LogP contribution in [0.15, 0.2) is 30.3 Å². The summed E-state index contributed by atoms with van der Waals surface area (Å²) in [4.78, 5) is 20.4. The molecule has 25 heavy (non-hydrogen) atoms. The summed E-state index contributed by atoms with van der Waals surface area (Å²) in [6.45, 7) is 2.25. The normalized spacial score (nSPS) is 22.2. The van der Waals surface area contributed by atoms with Crippen molar-refractivity contribution in [1.82, 2.24) is 15.2 Å². The number of carbonyl (C=O) groups excluding carboxylic acids is 1. The molecule has 3 aliphatic rings. The molecule has 0 unspecified atom stereocenters. The van der Waals surface area contributed by atoms with E-state index in [1.165, 1.54) is 25.7 Å². The Morgan fingerprint density at radius 1 is 1.04 bits per heavy atom. The molecule has 0 spiro atoms. The summed E-state index contributed by atoms with van der Waals surface area (Å²) >= 11 is 0. The first-order valence-corrected chi connectivity index (χ1v) is 9.72. The molecule has 2 saturated carbocycles. The minimum atomic E-state index is 0.0744. The van der Waals surface area contributed by atoms with Crippen LogP contribution >= 0.6 is 0 Å². The summed E-state index contributed by atoms with van der Waals surface area (Å²) in [6.07, 6.45) is 7.27. The predicted octanol–water partition coefficient (Wildman–Crippen LogP) is 3.47. The number of carbonyl (C=O) groups is 1. The van der Waals surface area contributed by atoms with E-state index in [1.807, 2.05) is 30.3 Å². The van der Waals surface area contributed by atoms with Gasteiger partial charge in [-0.3, -0.25) is 9.78 Å². The van der Waals surface area contributed by atoms with E-state index in [9.17, 15) is 4.79 Å². The van der Waals surface area contributed by atoms with Crippen molar-refractivity contribution in [2.24, 2.45) is 0 Å². The van der Waals surface area contributed by atoms with Crippen LogP contribution in [0.4, 0.5) is 0 Å². The van der Waals surface area contributed by atoms with Gasteiger partial charge < -0.3 is 10.2 Å². The Kier molecular flexibility index (Phi) is 3.74. The summed E-state index contributed by atoms with van der Waals surface area (Å²) in [6, 6.07) is 11.2. The van der Waals surface area contributed by atoms with Crippen molar-refractivity contribution in [2.45, 2.75) is 56.5 Å². The van der Waals surface area contributed by atoms with Gasteiger partial charge in [0, 0.05) is 42.2 Å². The van der Waals surface area contributed by atoms with Gasteiger partial charge in [0.2, 0.25) is 0 Å². The number of nitrogens with zero attached hydrogens (tertiary/aromatic N) is 2. The first-order chi connectivity index (χ1) is 12.3. The molecule has 1 aromatic carbocycles. The summed E-state index contributed by atoms with van der Waals surface area (Å²) < 4.78 is 0. The van der Waals surface area contributed by atoms with Gasteiger partial charge in [0.1, 0.15) is 0 Å². The van der Waals surface area contributed by atoms with Crippen LogP contribution < -0.4 is 5.32 Å². The van der Waals surface area contributed by atoms with E-state index in [2.05, 4.69) is 10.2 Å². The fourth-order valence-corrected chi connectivity index (χ4v) is 4.08. The SMILES string of the molecule is O=C(NC1CCN(C2CC2)CC1)c1cc(C2CC2)nc2ccccc12. The zero-order chi connectivity index (χ0) is 16.8. The standard InChI is InChI=1S/C21H25N3O/c25-21(22-15-9-11-24(12-10-15)16-7-8-16)18-13-20(14-5-6-14)23-19-4-2-1-3-17(18)19/h1-4,13-16H,5-12H2,(H,22,25). The molecule has 4 nitrogen and oxygen atoms in total. The van der Waals surface area contributed by atoms with Crippen LogP contribution in [0.25, 0.3) is 10.9 Å². The largest absolute Gasteiger partial charge is 0.349 e. The lowest BCUT2D eigenvalue weighted by Crippen LogP contribution is -2.45. The lowest BCUT2D eigenvalue weighted by atomic mass is 10.0. The second kappa shape index (κ2) is 6.10. The number of hydrogen-bond acceptors (Lipinski definition) is 3. The highest BCUT2D eigenvalue weighted by molar-refractivity contribution is 6.06. The number of amides is 1. The number of pyridine rings is 1. The second-order valence-corrected chi connectivity index (χ2v) is 7.90. The quantitative estimate of drug-likeness (QED) is 0.930. The molecule has 0 atom stereocenters. The maximum absolute atomic E-state index is 13.0. The molecule has 1 aliphatic heterocycles. The molecule has 130 valence electrons. The van der Waals surface area contributed by atoms with Crippen molar-refractivity contribution in [3.8, 4) is 0 Å². The molecule has 1 amide bonds. The van der Waals surface area contributed by atoms with Crippen LogP contribution in [0, 0.1) is 0 Å². The van der Waals surface area contributed by atoms with Crippen molar-refractivity contribution in [2.75, 3.05) is 13.1 Å². The Labute approximate surface area is 148 Å². The summed E-state index contributed by atoms with van der Waals surface area (Å²) in [5, 5.41) is 4.27. The van der Waals surface area contributed by atoms with E-state index >= 15 is 0 Å². The molecule has 2 aliphatic carbocycles. The van der Waals surface area contributed by atoms with E-state index < -0.39 is 0 Å². The van der Waals surface area contributed by atoms with Crippen LogP contribution in [-0.4, -0.2) is 41.0 Å². The maximum atomic E-state index is 13.0. The molecule has 1 N–H and O–H groups in total. The number of rotatable bonds is 4. The van der Waals surface area contributed by atoms with E-state index in [-0.39, 0.29) is 5.91 Å². The Hall–Kier alpha value is -1.94. The van der Waals surface area contributed by atoms with Gasteiger partial charge in [0.05, 0.1) is 11.1 Å². The van der Waals surface area contributed by atoms with E-state index in [0.717, 1.165) is 54.1 Å². The van der Waals surface area contributed by atoms with Gasteiger partial charge in [-0.25, -0.2) is 0 Å². The molecule has 5 rings (SSSR count). The number of fused-ring (bicyclic) bond motifs is 1. The average molecular weight is 335 g/mol. The van der Waals surface area contributed by atoms with E-state index in [4.69, 9.17) is 4.98 Å². The second-order valence-electron chi connectivity index (χ2n) is 7.90. The lowest BCUT2D eigenvalue weighted by Gasteiger charge is -2.32. The highest BCUT2D eigenvalue weighted by Crippen LogP contribution is 2.40. The van der Waals surface area contributed by atoms with Crippen LogP contribution in [-0.2, 0) is 0 Å². The topological polar surface area (TPSA) is 45.2 Å². The number of hydrogen-bond donors (Lipinski definition) is 1. The van der Waals surface area contributed by atoms with Crippen LogP contribution in [0.2, 0.25) is 0 Å². The molecular formula is C21H25N3O. The third-order valence-corrected chi connectivity index (χ3v) is 5.90. The Morgan fingerprint density at radius 3 is 2.52 bits per heavy atom. The van der Waals surface area contributed by atoms with E-state index in [0.29, 0.717) is 12.0 Å². The molecule has 1 aromatic heterocycles. The molecule has 0 bridgehead atoms. The third kappa shape index (κ3) is 3.15. The molecule has 1 saturated heterocycles. The van der Waals surface area contributed by atoms with Crippen LogP contribution in [0.3, 0.4) is 0 Å². The van der Waals surface area contributed by atoms with Gasteiger partial charge in [-0.1, -0.05) is 18.2 Å². The zero-order valence-corrected chi connectivity index (χ0v) is 14.6. The summed E-state index contributed by atoms with van der Waals surface area (Å²) in [5.41, 5.74) is 2.84. The summed E-state index contributed by atoms with van der Waals surface area (Å²) in [7, 11) is 0. The molecule has 3 fully saturated rings. The van der Waals surface area contributed by atoms with Crippen LogP contribution in [0.5, 0.6) is 0 Å². The predicted molar refractivity (Wildman–Crippen MR) is 98.8 cm³/mol. The smallest absolute Gasteiger partial charge is 0.252 e. The first-order valence-electron chi connectivity index (χ1n) is 9.72. The van der Waals surface area contributed by atoms with Crippen molar-refractivity contribution in [3.63, 3.8) is 0 Å². The Balaban J connectivity index is 1.35. The minimum Gasteiger partial charge on any atom is -0.349 e. The monoisotopic (exact) mass is 335 g/mol. The van der Waals surface area contributed by atoms with Crippen molar-refractivity contribution < 1.29 is 4.79 Å². The number of nitrogens with one attached hydrogen (secondary N) is 1.